The van der Waals surface area contributed by atoms with Gasteiger partial charge in [-0.2, -0.15) is 0 Å². The monoisotopic (exact) mass is 320 g/mol. The molecule has 6 nitrogen and oxygen atoms in total. The number of carbonyl (C=O) groups is 2. The quantitative estimate of drug-likeness (QED) is 0.353. The average molecular weight is 320 g/mol. The topological polar surface area (TPSA) is 86.5 Å². The van der Waals surface area contributed by atoms with Crippen molar-refractivity contribution >= 4 is 27.2 Å². The molecule has 1 atom stereocenters. The Morgan fingerprint density at radius 2 is 2.00 bits per heavy atom. The number of non-ortho nitro benzene ring substituents is 1. The van der Waals surface area contributed by atoms with Crippen LogP contribution in [0.25, 0.3) is 0 Å². The Kier molecular flexibility index (Phi) is 5.00. The van der Waals surface area contributed by atoms with Gasteiger partial charge in [-0.15, -0.1) is 0 Å². The number of nitrogens with zero attached hydrogens (tertiary/aromatic N) is 1. The van der Waals surface area contributed by atoms with Gasteiger partial charge in [0.05, 0.1) is 28.9 Å². The van der Waals surface area contributed by atoms with Crippen molar-refractivity contribution in [3.63, 3.8) is 0 Å². The first-order valence-corrected chi connectivity index (χ1v) is 7.73. The summed E-state index contributed by atoms with van der Waals surface area (Å²) in [5, 5.41) is 12.4. The molecular weight excluding hydrogens is 306 g/mol. The molecular formula is C15H14NO5S+. The van der Waals surface area contributed by atoms with Crippen LogP contribution in [0.15, 0.2) is 41.8 Å². The van der Waals surface area contributed by atoms with Crippen LogP contribution in [0.3, 0.4) is 0 Å². The molecule has 0 radical (unpaired) electrons. The molecule has 0 saturated heterocycles. The van der Waals surface area contributed by atoms with E-state index in [9.17, 15) is 19.7 Å². The summed E-state index contributed by atoms with van der Waals surface area (Å²) < 4.78 is 4.61. The number of benzene rings is 1. The molecule has 0 aliphatic heterocycles. The first-order valence-electron chi connectivity index (χ1n) is 6.44. The fourth-order valence-corrected chi connectivity index (χ4v) is 3.66. The molecule has 114 valence electrons. The van der Waals surface area contributed by atoms with Gasteiger partial charge in [0.25, 0.3) is 5.69 Å². The Morgan fingerprint density at radius 1 is 1.23 bits per heavy atom. The normalized spacial score (nSPS) is 11.0. The molecule has 0 N–H and O–H groups in total. The van der Waals surface area contributed by atoms with Gasteiger partial charge in [0.15, 0.2) is 4.88 Å². The van der Waals surface area contributed by atoms with Crippen molar-refractivity contribution in [1.82, 2.24) is 0 Å². The van der Waals surface area contributed by atoms with Crippen molar-refractivity contribution in [2.75, 3.05) is 7.11 Å². The number of thiophene rings is 1. The number of carbonyl (C=O) groups excluding carboxylic acids is 2. The summed E-state index contributed by atoms with van der Waals surface area (Å²) in [5.41, 5.74) is 0.547. The standard InChI is InChI=1S/C15H14NO5S/c1-21-14(17)10-13-6-3-7-22(13)15(18)9-11-4-2-5-12(8-11)16(19)20/h2-8H,9-10H2,1H3/q+1. The fourth-order valence-electron chi connectivity index (χ4n) is 1.98. The lowest BCUT2D eigenvalue weighted by molar-refractivity contribution is -0.384. The van der Waals surface area contributed by atoms with E-state index >= 15 is 0 Å². The minimum atomic E-state index is -0.779. The molecule has 0 amide bonds. The smallest absolute Gasteiger partial charge is 0.359 e. The molecule has 0 fully saturated rings. The number of hydrogen-bond acceptors (Lipinski definition) is 5. The van der Waals surface area contributed by atoms with Crippen LogP contribution in [0.1, 0.15) is 15.2 Å². The Labute approximate surface area is 129 Å². The van der Waals surface area contributed by atoms with Crippen LogP contribution >= 0.6 is 10.5 Å². The van der Waals surface area contributed by atoms with E-state index in [0.717, 1.165) is 0 Å². The van der Waals surface area contributed by atoms with Crippen LogP contribution < -0.4 is 0 Å². The van der Waals surface area contributed by atoms with Gasteiger partial charge >= 0.3 is 11.1 Å². The van der Waals surface area contributed by atoms with Crippen molar-refractivity contribution < 1.29 is 19.2 Å². The molecule has 2 aromatic rings. The molecule has 1 heterocycles. The van der Waals surface area contributed by atoms with Gasteiger partial charge < -0.3 is 4.74 Å². The van der Waals surface area contributed by atoms with E-state index < -0.39 is 21.4 Å². The molecule has 0 spiro atoms. The van der Waals surface area contributed by atoms with Crippen LogP contribution in [0.4, 0.5) is 5.69 Å². The molecule has 22 heavy (non-hydrogen) atoms. The highest BCUT2D eigenvalue weighted by Gasteiger charge is 2.25. The number of hydrogen-bond donors (Lipinski definition) is 0. The van der Waals surface area contributed by atoms with Crippen molar-refractivity contribution in [3.8, 4) is 0 Å². The van der Waals surface area contributed by atoms with Crippen LogP contribution in [-0.2, 0) is 22.4 Å². The summed E-state index contributed by atoms with van der Waals surface area (Å²) in [4.78, 5) is 34.7. The predicted octanol–water partition coefficient (Wildman–Crippen LogP) is 2.94. The van der Waals surface area contributed by atoms with E-state index in [1.165, 1.54) is 19.2 Å². The van der Waals surface area contributed by atoms with Crippen LogP contribution in [-0.4, -0.2) is 23.1 Å². The SMILES string of the molecule is COC(=O)Cc1ccc[s+]1C(=O)Cc1cccc([N+](=O)[O-])c1. The third kappa shape index (κ3) is 3.76. The highest BCUT2D eigenvalue weighted by molar-refractivity contribution is 7.50. The number of nitro benzene ring substituents is 1. The summed E-state index contributed by atoms with van der Waals surface area (Å²) >= 11 is 0. The third-order valence-corrected chi connectivity index (χ3v) is 4.95. The summed E-state index contributed by atoms with van der Waals surface area (Å²) in [7, 11) is 0.521. The number of esters is 1. The molecule has 2 rings (SSSR count). The van der Waals surface area contributed by atoms with Gasteiger partial charge in [0.2, 0.25) is 0 Å². The highest BCUT2D eigenvalue weighted by atomic mass is 32.2. The lowest BCUT2D eigenvalue weighted by Gasteiger charge is -1.98. The highest BCUT2D eigenvalue weighted by Crippen LogP contribution is 2.28. The lowest BCUT2D eigenvalue weighted by atomic mass is 10.1. The molecule has 0 aliphatic rings. The maximum atomic E-state index is 12.4. The summed E-state index contributed by atoms with van der Waals surface area (Å²) in [6.45, 7) is 0. The number of methoxy groups -OCH3 is 1. The molecule has 1 unspecified atom stereocenters. The Morgan fingerprint density at radius 3 is 2.68 bits per heavy atom. The van der Waals surface area contributed by atoms with Crippen molar-refractivity contribution in [3.05, 3.63) is 62.3 Å². The molecule has 0 saturated carbocycles. The van der Waals surface area contributed by atoms with Crippen molar-refractivity contribution in [2.45, 2.75) is 12.8 Å². The maximum absolute atomic E-state index is 12.4. The van der Waals surface area contributed by atoms with E-state index in [-0.39, 0.29) is 23.6 Å². The zero-order chi connectivity index (χ0) is 16.1. The predicted molar refractivity (Wildman–Crippen MR) is 82.1 cm³/mol. The fraction of sp³-hybridized carbons (Fsp3) is 0.200. The first kappa shape index (κ1) is 15.8. The summed E-state index contributed by atoms with van der Waals surface area (Å²) in [5.74, 6) is -0.393. The maximum Gasteiger partial charge on any atom is 0.359 e. The van der Waals surface area contributed by atoms with Crippen molar-refractivity contribution in [1.29, 1.82) is 0 Å². The molecule has 0 aliphatic carbocycles. The Balaban J connectivity index is 2.16. The van der Waals surface area contributed by atoms with Gasteiger partial charge in [0, 0.05) is 12.1 Å². The molecule has 1 aromatic heterocycles. The zero-order valence-corrected chi connectivity index (χ0v) is 12.7. The second kappa shape index (κ2) is 6.95. The van der Waals surface area contributed by atoms with Crippen LogP contribution in [0.5, 0.6) is 0 Å². The largest absolute Gasteiger partial charge is 0.469 e. The zero-order valence-electron chi connectivity index (χ0n) is 11.9. The Hall–Kier alpha value is -2.54. The number of rotatable bonds is 6. The first-order chi connectivity index (χ1) is 10.5. The van der Waals surface area contributed by atoms with Crippen LogP contribution in [0.2, 0.25) is 0 Å². The minimum Gasteiger partial charge on any atom is -0.469 e. The second-order valence-corrected chi connectivity index (χ2v) is 6.46. The van der Waals surface area contributed by atoms with E-state index in [1.54, 1.807) is 29.6 Å². The molecule has 1 aromatic carbocycles. The van der Waals surface area contributed by atoms with Gasteiger partial charge in [-0.05, 0) is 17.7 Å². The third-order valence-electron chi connectivity index (χ3n) is 3.04. The average Bonchev–Trinajstić information content (AvgIpc) is 2.95. The number of ether oxygens (including phenoxy) is 1. The summed E-state index contributed by atoms with van der Waals surface area (Å²) in [6, 6.07) is 9.49. The van der Waals surface area contributed by atoms with E-state index in [0.29, 0.717) is 10.4 Å². The van der Waals surface area contributed by atoms with Gasteiger partial charge in [-0.3, -0.25) is 14.9 Å². The summed E-state index contributed by atoms with van der Waals surface area (Å²) in [6.07, 6.45) is 0.168. The molecule has 0 bridgehead atoms. The minimum absolute atomic E-state index is 0.0408. The van der Waals surface area contributed by atoms with Gasteiger partial charge in [-0.25, -0.2) is 4.79 Å². The van der Waals surface area contributed by atoms with Crippen LogP contribution in [0, 0.1) is 10.1 Å². The van der Waals surface area contributed by atoms with E-state index in [1.807, 2.05) is 0 Å². The Bertz CT molecular complexity index is 722. The number of nitro groups is 1. The van der Waals surface area contributed by atoms with Gasteiger partial charge in [-0.1, -0.05) is 12.1 Å². The second-order valence-electron chi connectivity index (χ2n) is 4.53. The van der Waals surface area contributed by atoms with E-state index in [2.05, 4.69) is 4.74 Å². The van der Waals surface area contributed by atoms with E-state index in [4.69, 9.17) is 0 Å². The van der Waals surface area contributed by atoms with Crippen molar-refractivity contribution in [2.24, 2.45) is 0 Å². The molecule has 7 heteroatoms. The lowest BCUT2D eigenvalue weighted by Crippen LogP contribution is -2.05. The van der Waals surface area contributed by atoms with Gasteiger partial charge in [0.1, 0.15) is 11.8 Å².